The average Bonchev–Trinajstić information content (AvgIpc) is 3.24. The monoisotopic (exact) mass is 477 g/mol. The number of rotatable bonds is 8. The summed E-state index contributed by atoms with van der Waals surface area (Å²) in [5.74, 6) is 0.361. The summed E-state index contributed by atoms with van der Waals surface area (Å²) in [7, 11) is 0. The van der Waals surface area contributed by atoms with Gasteiger partial charge >= 0.3 is 0 Å². The molecule has 0 spiro atoms. The van der Waals surface area contributed by atoms with Crippen LogP contribution in [0.2, 0.25) is 0 Å². The van der Waals surface area contributed by atoms with Gasteiger partial charge in [-0.3, -0.25) is 14.9 Å². The number of nitrogens with zero attached hydrogens (tertiary/aromatic N) is 2. The molecule has 0 aliphatic rings. The Labute approximate surface area is 201 Å². The molecule has 1 unspecified atom stereocenters. The molecule has 2 aromatic carbocycles. The minimum Gasteiger partial charge on any atom is -0.473 e. The van der Waals surface area contributed by atoms with E-state index in [1.807, 2.05) is 44.2 Å². The predicted molar refractivity (Wildman–Crippen MR) is 134 cm³/mol. The van der Waals surface area contributed by atoms with Gasteiger partial charge in [0.2, 0.25) is 16.3 Å². The lowest BCUT2D eigenvalue weighted by atomic mass is 10.1. The molecule has 4 rings (SSSR count). The van der Waals surface area contributed by atoms with Crippen molar-refractivity contribution in [3.63, 3.8) is 0 Å². The van der Waals surface area contributed by atoms with E-state index in [-0.39, 0.29) is 11.2 Å². The summed E-state index contributed by atoms with van der Waals surface area (Å²) in [6.45, 7) is 8.00. The van der Waals surface area contributed by atoms with Gasteiger partial charge in [0.25, 0.3) is 5.91 Å². The van der Waals surface area contributed by atoms with Crippen LogP contribution in [-0.4, -0.2) is 22.2 Å². The van der Waals surface area contributed by atoms with Crippen molar-refractivity contribution in [1.29, 1.82) is 0 Å². The minimum atomic E-state index is -0.911. The zero-order valence-corrected chi connectivity index (χ0v) is 20.4. The van der Waals surface area contributed by atoms with E-state index in [4.69, 9.17) is 9.15 Å². The number of aromatic nitrogens is 2. The molecular formula is C26H27N3O4S. The van der Waals surface area contributed by atoms with Crippen LogP contribution in [0.15, 0.2) is 57.7 Å². The van der Waals surface area contributed by atoms with E-state index < -0.39 is 12.0 Å². The molecule has 0 aliphatic heterocycles. The fraction of sp³-hybridized carbons (Fsp3) is 0.308. The molecule has 4 aromatic rings. The highest BCUT2D eigenvalue weighted by atomic mass is 32.1. The van der Waals surface area contributed by atoms with Crippen molar-refractivity contribution in [1.82, 2.24) is 10.2 Å². The third-order valence-corrected chi connectivity index (χ3v) is 6.13. The first kappa shape index (κ1) is 23.6. The van der Waals surface area contributed by atoms with Crippen LogP contribution < -0.4 is 15.5 Å². The fourth-order valence-electron chi connectivity index (χ4n) is 3.51. The number of anilines is 1. The predicted octanol–water partition coefficient (Wildman–Crippen LogP) is 5.61. The zero-order chi connectivity index (χ0) is 24.2. The lowest BCUT2D eigenvalue weighted by Crippen LogP contribution is -2.34. The van der Waals surface area contributed by atoms with Gasteiger partial charge in [0.05, 0.1) is 5.39 Å². The molecule has 0 saturated carbocycles. The first-order valence-corrected chi connectivity index (χ1v) is 12.1. The molecule has 176 valence electrons. The summed E-state index contributed by atoms with van der Waals surface area (Å²) in [6.07, 6.45) is 0.230. The highest BCUT2D eigenvalue weighted by molar-refractivity contribution is 7.15. The maximum Gasteiger partial charge on any atom is 0.267 e. The van der Waals surface area contributed by atoms with Gasteiger partial charge in [-0.25, -0.2) is 0 Å². The second-order valence-electron chi connectivity index (χ2n) is 8.55. The van der Waals surface area contributed by atoms with E-state index in [9.17, 15) is 9.59 Å². The number of benzene rings is 2. The highest BCUT2D eigenvalue weighted by Gasteiger charge is 2.25. The summed E-state index contributed by atoms with van der Waals surface area (Å²) in [4.78, 5) is 26.4. The molecule has 2 aromatic heterocycles. The van der Waals surface area contributed by atoms with E-state index in [0.29, 0.717) is 39.8 Å². The van der Waals surface area contributed by atoms with Crippen LogP contribution >= 0.6 is 11.3 Å². The normalized spacial score (nSPS) is 12.1. The molecule has 34 heavy (non-hydrogen) atoms. The number of fused-ring (bicyclic) bond motifs is 1. The molecule has 1 atom stereocenters. The first-order valence-electron chi connectivity index (χ1n) is 11.3. The van der Waals surface area contributed by atoms with E-state index in [0.717, 1.165) is 17.0 Å². The Bertz CT molecular complexity index is 1360. The summed E-state index contributed by atoms with van der Waals surface area (Å²) >= 11 is 1.34. The Hall–Kier alpha value is -3.52. The average molecular weight is 478 g/mol. The standard InChI is InChI=1S/C26H27N3O4S/c1-5-19(25(31)27-26-29-28-21(34-26)14-15(2)3)32-24-22(30)18-8-6-7-9-20(18)33-23(24)17-12-10-16(4)11-13-17/h6-13,15,19H,5,14H2,1-4H3,(H,27,29,31). The first-order chi connectivity index (χ1) is 16.4. The summed E-state index contributed by atoms with van der Waals surface area (Å²) in [5, 5.41) is 12.6. The number of nitrogens with one attached hydrogen (secondary N) is 1. The third-order valence-electron chi connectivity index (χ3n) is 5.27. The van der Waals surface area contributed by atoms with Crippen LogP contribution in [0.3, 0.4) is 0 Å². The second-order valence-corrected chi connectivity index (χ2v) is 9.62. The third kappa shape index (κ3) is 5.17. The van der Waals surface area contributed by atoms with Crippen molar-refractivity contribution in [2.75, 3.05) is 5.32 Å². The van der Waals surface area contributed by atoms with Gasteiger partial charge in [-0.05, 0) is 31.4 Å². The van der Waals surface area contributed by atoms with Crippen LogP contribution in [0.4, 0.5) is 5.13 Å². The zero-order valence-electron chi connectivity index (χ0n) is 19.6. The van der Waals surface area contributed by atoms with Gasteiger partial charge in [-0.15, -0.1) is 10.2 Å². The molecule has 0 saturated heterocycles. The van der Waals surface area contributed by atoms with Crippen molar-refractivity contribution in [2.45, 2.75) is 46.6 Å². The number of para-hydroxylation sites is 1. The van der Waals surface area contributed by atoms with Gasteiger partial charge in [0.15, 0.2) is 11.9 Å². The van der Waals surface area contributed by atoms with Gasteiger partial charge in [0, 0.05) is 12.0 Å². The molecule has 8 heteroatoms. The number of carbonyl (C=O) groups excluding carboxylic acids is 1. The van der Waals surface area contributed by atoms with Crippen LogP contribution in [0.1, 0.15) is 37.8 Å². The highest BCUT2D eigenvalue weighted by Crippen LogP contribution is 2.32. The maximum absolute atomic E-state index is 13.4. The molecule has 0 fully saturated rings. The van der Waals surface area contributed by atoms with Crippen LogP contribution in [0.25, 0.3) is 22.3 Å². The van der Waals surface area contributed by atoms with Crippen molar-refractivity contribution in [2.24, 2.45) is 5.92 Å². The van der Waals surface area contributed by atoms with Crippen LogP contribution in [0.5, 0.6) is 5.75 Å². The Morgan fingerprint density at radius 1 is 1.12 bits per heavy atom. The molecule has 1 amide bonds. The number of hydrogen-bond donors (Lipinski definition) is 1. The van der Waals surface area contributed by atoms with E-state index in [1.165, 1.54) is 11.3 Å². The molecule has 2 heterocycles. The fourth-order valence-corrected chi connectivity index (χ4v) is 4.47. The molecule has 1 N–H and O–H groups in total. The molecule has 0 radical (unpaired) electrons. The number of amides is 1. The maximum atomic E-state index is 13.4. The van der Waals surface area contributed by atoms with E-state index in [1.54, 1.807) is 18.2 Å². The Morgan fingerprint density at radius 2 is 1.85 bits per heavy atom. The topological polar surface area (TPSA) is 94.3 Å². The van der Waals surface area contributed by atoms with E-state index >= 15 is 0 Å². The smallest absolute Gasteiger partial charge is 0.267 e. The summed E-state index contributed by atoms with van der Waals surface area (Å²) in [5.41, 5.74) is 1.91. The number of carbonyl (C=O) groups is 1. The quantitative estimate of drug-likeness (QED) is 0.354. The minimum absolute atomic E-state index is 0.0160. The SMILES string of the molecule is CCC(Oc1c(-c2ccc(C)cc2)oc2ccccc2c1=O)C(=O)Nc1nnc(CC(C)C)s1. The largest absolute Gasteiger partial charge is 0.473 e. The number of ether oxygens (including phenoxy) is 1. The van der Waals surface area contributed by atoms with Crippen molar-refractivity contribution < 1.29 is 13.9 Å². The molecular weight excluding hydrogens is 450 g/mol. The number of hydrogen-bond acceptors (Lipinski definition) is 7. The second kappa shape index (κ2) is 10.2. The summed E-state index contributed by atoms with van der Waals surface area (Å²) < 4.78 is 12.2. The van der Waals surface area contributed by atoms with Crippen molar-refractivity contribution in [3.05, 3.63) is 69.3 Å². The lowest BCUT2D eigenvalue weighted by molar-refractivity contribution is -0.122. The van der Waals surface area contributed by atoms with Crippen LogP contribution in [-0.2, 0) is 11.2 Å². The Balaban J connectivity index is 1.67. The molecule has 0 bridgehead atoms. The van der Waals surface area contributed by atoms with Gasteiger partial charge in [-0.2, -0.15) is 0 Å². The van der Waals surface area contributed by atoms with Crippen molar-refractivity contribution >= 4 is 33.3 Å². The van der Waals surface area contributed by atoms with Gasteiger partial charge in [0.1, 0.15) is 10.6 Å². The molecule has 0 aliphatic carbocycles. The number of aryl methyl sites for hydroxylation is 1. The van der Waals surface area contributed by atoms with Gasteiger partial charge in [-0.1, -0.05) is 74.1 Å². The Morgan fingerprint density at radius 3 is 2.56 bits per heavy atom. The van der Waals surface area contributed by atoms with Crippen LogP contribution in [0, 0.1) is 12.8 Å². The lowest BCUT2D eigenvalue weighted by Gasteiger charge is -2.18. The summed E-state index contributed by atoms with van der Waals surface area (Å²) in [6, 6.07) is 14.6. The Kier molecular flexibility index (Phi) is 7.07. The van der Waals surface area contributed by atoms with Crippen molar-refractivity contribution in [3.8, 4) is 17.1 Å². The van der Waals surface area contributed by atoms with Gasteiger partial charge < -0.3 is 9.15 Å². The van der Waals surface area contributed by atoms with E-state index in [2.05, 4.69) is 29.4 Å². The molecule has 7 nitrogen and oxygen atoms in total.